The van der Waals surface area contributed by atoms with Crippen LogP contribution in [0.3, 0.4) is 0 Å². The normalized spacial score (nSPS) is 12.7. The van der Waals surface area contributed by atoms with E-state index in [-0.39, 0.29) is 0 Å². The van der Waals surface area contributed by atoms with E-state index in [0.29, 0.717) is 5.75 Å². The molecule has 1 rings (SSSR count). The van der Waals surface area contributed by atoms with E-state index in [1.165, 1.54) is 0 Å². The Kier molecular flexibility index (Phi) is 5.20. The second-order valence-corrected chi connectivity index (χ2v) is 5.28. The van der Waals surface area contributed by atoms with Crippen molar-refractivity contribution in [3.63, 3.8) is 0 Å². The Morgan fingerprint density at radius 2 is 1.93 bits per heavy atom. The average molecular weight is 231 g/mol. The van der Waals surface area contributed by atoms with Gasteiger partial charge >= 0.3 is 0 Å². The lowest BCUT2D eigenvalue weighted by atomic mass is 10.2. The standard InChI is InChI=1S/C11H15ClOS/c1-2-3-8-14(13)9-10-4-6-11(12)7-5-10/h4-7H,2-3,8-9H2,1H3. The summed E-state index contributed by atoms with van der Waals surface area (Å²) in [6.07, 6.45) is 2.15. The molecule has 1 unspecified atom stereocenters. The van der Waals surface area contributed by atoms with E-state index in [2.05, 4.69) is 6.92 Å². The number of benzene rings is 1. The molecule has 0 fully saturated rings. The first kappa shape index (κ1) is 11.7. The van der Waals surface area contributed by atoms with Crippen LogP contribution in [0, 0.1) is 0 Å². The van der Waals surface area contributed by atoms with Gasteiger partial charge in [-0.15, -0.1) is 0 Å². The van der Waals surface area contributed by atoms with Crippen LogP contribution in [0.1, 0.15) is 25.3 Å². The molecule has 0 bridgehead atoms. The first-order valence-corrected chi connectivity index (χ1v) is 6.68. The molecule has 0 radical (unpaired) electrons. The molecule has 3 heteroatoms. The first-order valence-electron chi connectivity index (χ1n) is 4.82. The summed E-state index contributed by atoms with van der Waals surface area (Å²) in [5.74, 6) is 1.45. The fourth-order valence-corrected chi connectivity index (χ4v) is 2.59. The summed E-state index contributed by atoms with van der Waals surface area (Å²) in [7, 11) is -0.721. The van der Waals surface area contributed by atoms with Gasteiger partial charge in [-0.1, -0.05) is 37.1 Å². The molecular weight excluding hydrogens is 216 g/mol. The van der Waals surface area contributed by atoms with Gasteiger partial charge in [0.1, 0.15) is 0 Å². The van der Waals surface area contributed by atoms with Crippen molar-refractivity contribution < 1.29 is 4.21 Å². The van der Waals surface area contributed by atoms with Gasteiger partial charge in [0.25, 0.3) is 0 Å². The van der Waals surface area contributed by atoms with Crippen LogP contribution in [0.25, 0.3) is 0 Å². The van der Waals surface area contributed by atoms with Crippen LogP contribution in [0.2, 0.25) is 5.02 Å². The Morgan fingerprint density at radius 3 is 2.50 bits per heavy atom. The monoisotopic (exact) mass is 230 g/mol. The molecule has 0 aliphatic heterocycles. The topological polar surface area (TPSA) is 17.1 Å². The molecule has 0 amide bonds. The lowest BCUT2D eigenvalue weighted by Gasteiger charge is -2.01. The van der Waals surface area contributed by atoms with Crippen LogP contribution < -0.4 is 0 Å². The molecule has 78 valence electrons. The van der Waals surface area contributed by atoms with Crippen molar-refractivity contribution in [1.82, 2.24) is 0 Å². The third-order valence-electron chi connectivity index (χ3n) is 1.97. The molecule has 14 heavy (non-hydrogen) atoms. The SMILES string of the molecule is CCCCS(=O)Cc1ccc(Cl)cc1. The molecule has 0 N–H and O–H groups in total. The van der Waals surface area contributed by atoms with Crippen molar-refractivity contribution in [1.29, 1.82) is 0 Å². The second kappa shape index (κ2) is 6.20. The van der Waals surface area contributed by atoms with Crippen LogP contribution in [-0.2, 0) is 16.6 Å². The minimum absolute atomic E-state index is 0.650. The second-order valence-electron chi connectivity index (χ2n) is 3.27. The molecule has 0 aliphatic carbocycles. The molecule has 1 nitrogen and oxygen atoms in total. The number of halogens is 1. The number of unbranched alkanes of at least 4 members (excludes halogenated alkanes) is 1. The highest BCUT2D eigenvalue weighted by Crippen LogP contribution is 2.11. The van der Waals surface area contributed by atoms with Gasteiger partial charge in [0.2, 0.25) is 0 Å². The van der Waals surface area contributed by atoms with Gasteiger partial charge in [0.05, 0.1) is 0 Å². The highest BCUT2D eigenvalue weighted by Gasteiger charge is 2.00. The number of hydrogen-bond acceptors (Lipinski definition) is 1. The van der Waals surface area contributed by atoms with E-state index in [1.54, 1.807) is 0 Å². The quantitative estimate of drug-likeness (QED) is 0.758. The van der Waals surface area contributed by atoms with E-state index in [0.717, 1.165) is 29.2 Å². The maximum atomic E-state index is 11.5. The van der Waals surface area contributed by atoms with Gasteiger partial charge in [-0.25, -0.2) is 0 Å². The molecule has 0 aliphatic rings. The summed E-state index contributed by atoms with van der Waals surface area (Å²) in [4.78, 5) is 0. The minimum atomic E-state index is -0.721. The Morgan fingerprint density at radius 1 is 1.29 bits per heavy atom. The van der Waals surface area contributed by atoms with E-state index in [9.17, 15) is 4.21 Å². The maximum Gasteiger partial charge on any atom is 0.0485 e. The van der Waals surface area contributed by atoms with Gasteiger partial charge in [0, 0.05) is 27.3 Å². The summed E-state index contributed by atoms with van der Waals surface area (Å²) in [6.45, 7) is 2.11. The summed E-state index contributed by atoms with van der Waals surface area (Å²) >= 11 is 5.76. The molecule has 0 saturated carbocycles. The zero-order valence-electron chi connectivity index (χ0n) is 8.33. The fraction of sp³-hybridized carbons (Fsp3) is 0.455. The van der Waals surface area contributed by atoms with E-state index in [4.69, 9.17) is 11.6 Å². The maximum absolute atomic E-state index is 11.5. The fourth-order valence-electron chi connectivity index (χ4n) is 1.14. The molecule has 0 spiro atoms. The van der Waals surface area contributed by atoms with Crippen LogP contribution in [-0.4, -0.2) is 9.96 Å². The van der Waals surface area contributed by atoms with E-state index >= 15 is 0 Å². The summed E-state index contributed by atoms with van der Waals surface area (Å²) in [6, 6.07) is 7.56. The number of hydrogen-bond donors (Lipinski definition) is 0. The van der Waals surface area contributed by atoms with Crippen molar-refractivity contribution >= 4 is 22.4 Å². The Bertz CT molecular complexity index is 295. The smallest absolute Gasteiger partial charge is 0.0485 e. The van der Waals surface area contributed by atoms with Crippen molar-refractivity contribution in [2.45, 2.75) is 25.5 Å². The van der Waals surface area contributed by atoms with Crippen LogP contribution >= 0.6 is 11.6 Å². The summed E-state index contributed by atoms with van der Waals surface area (Å²) in [5.41, 5.74) is 1.10. The minimum Gasteiger partial charge on any atom is -0.259 e. The highest BCUT2D eigenvalue weighted by atomic mass is 35.5. The molecule has 0 heterocycles. The van der Waals surface area contributed by atoms with E-state index < -0.39 is 10.8 Å². The third-order valence-corrected chi connectivity index (χ3v) is 3.62. The molecular formula is C11H15ClOS. The van der Waals surface area contributed by atoms with Crippen LogP contribution in [0.15, 0.2) is 24.3 Å². The summed E-state index contributed by atoms with van der Waals surface area (Å²) in [5, 5.41) is 0.730. The Labute approximate surface area is 92.9 Å². The van der Waals surface area contributed by atoms with Crippen LogP contribution in [0.5, 0.6) is 0 Å². The van der Waals surface area contributed by atoms with Gasteiger partial charge in [-0.2, -0.15) is 0 Å². The van der Waals surface area contributed by atoms with Crippen LogP contribution in [0.4, 0.5) is 0 Å². The first-order chi connectivity index (χ1) is 6.72. The third kappa shape index (κ3) is 4.25. The van der Waals surface area contributed by atoms with Gasteiger partial charge in [-0.3, -0.25) is 4.21 Å². The average Bonchev–Trinajstić information content (AvgIpc) is 2.18. The number of rotatable bonds is 5. The molecule has 1 aromatic rings. The highest BCUT2D eigenvalue weighted by molar-refractivity contribution is 7.84. The zero-order valence-corrected chi connectivity index (χ0v) is 9.90. The van der Waals surface area contributed by atoms with Crippen molar-refractivity contribution in [2.24, 2.45) is 0 Å². The van der Waals surface area contributed by atoms with Gasteiger partial charge < -0.3 is 0 Å². The van der Waals surface area contributed by atoms with Crippen molar-refractivity contribution in [3.05, 3.63) is 34.9 Å². The Hall–Kier alpha value is -0.340. The molecule has 1 atom stereocenters. The molecule has 0 saturated heterocycles. The lowest BCUT2D eigenvalue weighted by Crippen LogP contribution is -2.00. The summed E-state index contributed by atoms with van der Waals surface area (Å²) < 4.78 is 11.5. The van der Waals surface area contributed by atoms with Crippen molar-refractivity contribution in [2.75, 3.05) is 5.75 Å². The predicted octanol–water partition coefficient (Wildman–Crippen LogP) is 3.39. The largest absolute Gasteiger partial charge is 0.259 e. The zero-order chi connectivity index (χ0) is 10.4. The molecule has 0 aromatic heterocycles. The van der Waals surface area contributed by atoms with Gasteiger partial charge in [-0.05, 0) is 24.1 Å². The molecule has 1 aromatic carbocycles. The van der Waals surface area contributed by atoms with Crippen molar-refractivity contribution in [3.8, 4) is 0 Å². The van der Waals surface area contributed by atoms with E-state index in [1.807, 2.05) is 24.3 Å². The van der Waals surface area contributed by atoms with Gasteiger partial charge in [0.15, 0.2) is 0 Å². The predicted molar refractivity (Wildman–Crippen MR) is 63.1 cm³/mol. The Balaban J connectivity index is 2.44. The lowest BCUT2D eigenvalue weighted by molar-refractivity contribution is 0.679.